The van der Waals surface area contributed by atoms with Crippen molar-refractivity contribution in [1.29, 1.82) is 0 Å². The highest BCUT2D eigenvalue weighted by Crippen LogP contribution is 2.15. The zero-order chi connectivity index (χ0) is 15.0. The number of aromatic amines is 1. The van der Waals surface area contributed by atoms with Crippen LogP contribution in [0.15, 0.2) is 51.7 Å². The number of nitrogens with two attached hydrogens (primary N) is 1. The number of nitrogens with zero attached hydrogens (tertiary/aromatic N) is 1. The standard InChI is InChI=1S/C15H12BrN3O2/c16-10-3-1-9(2-4-10)7-14(20)19-13-6-5-11(17)8-12(13)18-15(19)21/h1-6,8H,7,17H2,(H,18,21). The summed E-state index contributed by atoms with van der Waals surface area (Å²) in [4.78, 5) is 27.0. The van der Waals surface area contributed by atoms with E-state index in [0.717, 1.165) is 14.6 Å². The monoisotopic (exact) mass is 345 g/mol. The number of rotatable bonds is 2. The highest BCUT2D eigenvalue weighted by atomic mass is 79.9. The zero-order valence-electron chi connectivity index (χ0n) is 11.0. The number of carbonyl (C=O) groups excluding carboxylic acids is 1. The minimum atomic E-state index is -0.447. The first-order valence-corrected chi connectivity index (χ1v) is 7.12. The first-order valence-electron chi connectivity index (χ1n) is 6.32. The maximum Gasteiger partial charge on any atom is 0.333 e. The van der Waals surface area contributed by atoms with E-state index >= 15 is 0 Å². The second kappa shape index (κ2) is 5.21. The van der Waals surface area contributed by atoms with Crippen molar-refractivity contribution in [2.24, 2.45) is 0 Å². The molecule has 3 rings (SSSR count). The number of H-pyrrole nitrogens is 1. The molecule has 5 nitrogen and oxygen atoms in total. The van der Waals surface area contributed by atoms with Gasteiger partial charge in [0.05, 0.1) is 17.5 Å². The van der Waals surface area contributed by atoms with Gasteiger partial charge in [-0.2, -0.15) is 0 Å². The van der Waals surface area contributed by atoms with Gasteiger partial charge in [-0.15, -0.1) is 0 Å². The van der Waals surface area contributed by atoms with Crippen molar-refractivity contribution in [1.82, 2.24) is 9.55 Å². The number of benzene rings is 2. The Balaban J connectivity index is 2.00. The first-order chi connectivity index (χ1) is 10.0. The van der Waals surface area contributed by atoms with Crippen LogP contribution in [-0.2, 0) is 6.42 Å². The lowest BCUT2D eigenvalue weighted by atomic mass is 10.1. The van der Waals surface area contributed by atoms with Crippen molar-refractivity contribution < 1.29 is 4.79 Å². The normalized spacial score (nSPS) is 10.9. The molecule has 0 aliphatic rings. The zero-order valence-corrected chi connectivity index (χ0v) is 12.6. The van der Waals surface area contributed by atoms with E-state index in [2.05, 4.69) is 20.9 Å². The first kappa shape index (κ1) is 13.6. The Labute approximate surface area is 128 Å². The fourth-order valence-electron chi connectivity index (χ4n) is 2.23. The molecule has 0 aliphatic heterocycles. The predicted molar refractivity (Wildman–Crippen MR) is 85.4 cm³/mol. The summed E-state index contributed by atoms with van der Waals surface area (Å²) in [7, 11) is 0. The summed E-state index contributed by atoms with van der Waals surface area (Å²) >= 11 is 3.34. The summed E-state index contributed by atoms with van der Waals surface area (Å²) in [6.45, 7) is 0. The topological polar surface area (TPSA) is 80.9 Å². The third kappa shape index (κ3) is 2.62. The van der Waals surface area contributed by atoms with Crippen molar-refractivity contribution in [2.45, 2.75) is 6.42 Å². The lowest BCUT2D eigenvalue weighted by molar-refractivity contribution is 0.0915. The minimum Gasteiger partial charge on any atom is -0.399 e. The van der Waals surface area contributed by atoms with Gasteiger partial charge >= 0.3 is 5.69 Å². The summed E-state index contributed by atoms with van der Waals surface area (Å²) in [5.74, 6) is -0.279. The van der Waals surface area contributed by atoms with E-state index in [1.54, 1.807) is 18.2 Å². The van der Waals surface area contributed by atoms with E-state index < -0.39 is 5.69 Å². The number of nitrogens with one attached hydrogen (secondary N) is 1. The summed E-state index contributed by atoms with van der Waals surface area (Å²) in [6.07, 6.45) is 0.157. The average Bonchev–Trinajstić information content (AvgIpc) is 2.76. The lowest BCUT2D eigenvalue weighted by Crippen LogP contribution is -2.25. The van der Waals surface area contributed by atoms with Gasteiger partial charge in [0, 0.05) is 10.2 Å². The molecule has 0 saturated carbocycles. The summed E-state index contributed by atoms with van der Waals surface area (Å²) < 4.78 is 2.09. The SMILES string of the molecule is Nc1ccc2c(c1)[nH]c(=O)n2C(=O)Cc1ccc(Br)cc1. The summed E-state index contributed by atoms with van der Waals surface area (Å²) in [5.41, 5.74) is 7.71. The minimum absolute atomic E-state index is 0.157. The second-order valence-electron chi connectivity index (χ2n) is 4.74. The van der Waals surface area contributed by atoms with Gasteiger partial charge < -0.3 is 10.7 Å². The van der Waals surface area contributed by atoms with Gasteiger partial charge in [0.1, 0.15) is 0 Å². The van der Waals surface area contributed by atoms with Crippen LogP contribution in [0.5, 0.6) is 0 Å². The van der Waals surface area contributed by atoms with E-state index in [1.807, 2.05) is 24.3 Å². The van der Waals surface area contributed by atoms with Crippen molar-refractivity contribution in [3.05, 3.63) is 63.0 Å². The van der Waals surface area contributed by atoms with Crippen LogP contribution in [0.2, 0.25) is 0 Å². The highest BCUT2D eigenvalue weighted by Gasteiger charge is 2.14. The fourth-order valence-corrected chi connectivity index (χ4v) is 2.50. The molecule has 21 heavy (non-hydrogen) atoms. The number of nitrogen functional groups attached to an aromatic ring is 1. The van der Waals surface area contributed by atoms with Gasteiger partial charge in [0.25, 0.3) is 0 Å². The number of aromatic nitrogens is 2. The molecule has 1 heterocycles. The molecule has 0 unspecified atom stereocenters. The smallest absolute Gasteiger partial charge is 0.333 e. The Morgan fingerprint density at radius 2 is 1.90 bits per heavy atom. The van der Waals surface area contributed by atoms with Gasteiger partial charge in [-0.25, -0.2) is 9.36 Å². The summed E-state index contributed by atoms with van der Waals surface area (Å²) in [6, 6.07) is 12.4. The largest absolute Gasteiger partial charge is 0.399 e. The number of hydrogen-bond acceptors (Lipinski definition) is 3. The van der Waals surface area contributed by atoms with Crippen LogP contribution < -0.4 is 11.4 Å². The van der Waals surface area contributed by atoms with Crippen molar-refractivity contribution in [3.8, 4) is 0 Å². The second-order valence-corrected chi connectivity index (χ2v) is 5.65. The van der Waals surface area contributed by atoms with E-state index in [4.69, 9.17) is 5.73 Å². The van der Waals surface area contributed by atoms with E-state index in [9.17, 15) is 9.59 Å². The Kier molecular flexibility index (Phi) is 3.39. The van der Waals surface area contributed by atoms with Crippen LogP contribution in [0.1, 0.15) is 10.4 Å². The molecule has 0 aliphatic carbocycles. The Morgan fingerprint density at radius 1 is 1.19 bits per heavy atom. The third-order valence-corrected chi connectivity index (χ3v) is 3.75. The van der Waals surface area contributed by atoms with Crippen LogP contribution >= 0.6 is 15.9 Å². The van der Waals surface area contributed by atoms with Crippen LogP contribution in [0.25, 0.3) is 11.0 Å². The van der Waals surface area contributed by atoms with Crippen molar-refractivity contribution in [2.75, 3.05) is 5.73 Å². The van der Waals surface area contributed by atoms with E-state index in [0.29, 0.717) is 16.7 Å². The van der Waals surface area contributed by atoms with E-state index in [1.165, 1.54) is 0 Å². The Hall–Kier alpha value is -2.34. The van der Waals surface area contributed by atoms with Gasteiger partial charge in [0.15, 0.2) is 0 Å². The van der Waals surface area contributed by atoms with Gasteiger partial charge in [-0.3, -0.25) is 4.79 Å². The molecule has 0 amide bonds. The third-order valence-electron chi connectivity index (χ3n) is 3.22. The molecular weight excluding hydrogens is 334 g/mol. The molecule has 0 bridgehead atoms. The molecule has 0 radical (unpaired) electrons. The molecule has 0 atom stereocenters. The van der Waals surface area contributed by atoms with Gasteiger partial charge in [-0.05, 0) is 35.9 Å². The molecule has 3 aromatic rings. The molecule has 3 N–H and O–H groups in total. The highest BCUT2D eigenvalue weighted by molar-refractivity contribution is 9.10. The maximum absolute atomic E-state index is 12.4. The fraction of sp³-hybridized carbons (Fsp3) is 0.0667. The number of hydrogen-bond donors (Lipinski definition) is 2. The molecular formula is C15H12BrN3O2. The number of imidazole rings is 1. The van der Waals surface area contributed by atoms with Gasteiger partial charge in [0.2, 0.25) is 5.91 Å². The number of anilines is 1. The van der Waals surface area contributed by atoms with Crippen LogP contribution in [-0.4, -0.2) is 15.5 Å². The van der Waals surface area contributed by atoms with Crippen molar-refractivity contribution in [3.63, 3.8) is 0 Å². The predicted octanol–water partition coefficient (Wildman–Crippen LogP) is 2.56. The maximum atomic E-state index is 12.4. The lowest BCUT2D eigenvalue weighted by Gasteiger charge is -2.03. The van der Waals surface area contributed by atoms with Crippen molar-refractivity contribution >= 4 is 38.6 Å². The number of halogens is 1. The molecule has 0 saturated heterocycles. The van der Waals surface area contributed by atoms with Crippen LogP contribution in [0.4, 0.5) is 5.69 Å². The molecule has 2 aromatic carbocycles. The molecule has 6 heteroatoms. The number of fused-ring (bicyclic) bond motifs is 1. The Morgan fingerprint density at radius 3 is 2.62 bits per heavy atom. The molecule has 106 valence electrons. The molecule has 0 spiro atoms. The van der Waals surface area contributed by atoms with E-state index in [-0.39, 0.29) is 12.3 Å². The van der Waals surface area contributed by atoms with Crippen LogP contribution in [0.3, 0.4) is 0 Å². The average molecular weight is 346 g/mol. The number of carbonyl (C=O) groups is 1. The molecule has 1 aromatic heterocycles. The Bertz CT molecular complexity index is 878. The quantitative estimate of drug-likeness (QED) is 0.700. The molecule has 0 fully saturated rings. The van der Waals surface area contributed by atoms with Crippen LogP contribution in [0, 0.1) is 0 Å². The summed E-state index contributed by atoms with van der Waals surface area (Å²) in [5, 5.41) is 0. The van der Waals surface area contributed by atoms with Gasteiger partial charge in [-0.1, -0.05) is 28.1 Å².